The number of carboxylic acid groups (broad SMARTS) is 1. The third-order valence-corrected chi connectivity index (χ3v) is 3.35. The van der Waals surface area contributed by atoms with Crippen LogP contribution >= 0.6 is 0 Å². The first-order valence-electron chi connectivity index (χ1n) is 6.06. The van der Waals surface area contributed by atoms with Gasteiger partial charge in [0.1, 0.15) is 0 Å². The third-order valence-electron chi connectivity index (χ3n) is 3.35. The minimum atomic E-state index is -0.872. The Balaban J connectivity index is 2.10. The molecule has 1 amide bonds. The smallest absolute Gasteiger partial charge is 0.305 e. The molecule has 1 heterocycles. The van der Waals surface area contributed by atoms with E-state index in [9.17, 15) is 9.59 Å². The molecule has 0 saturated heterocycles. The number of rotatable bonds is 4. The summed E-state index contributed by atoms with van der Waals surface area (Å²) in [6.45, 7) is 0. The van der Waals surface area contributed by atoms with Crippen molar-refractivity contribution in [2.45, 2.75) is 37.6 Å². The fourth-order valence-corrected chi connectivity index (χ4v) is 2.50. The Morgan fingerprint density at radius 3 is 2.67 bits per heavy atom. The molecule has 1 saturated carbocycles. The Morgan fingerprint density at radius 1 is 1.39 bits per heavy atom. The summed E-state index contributed by atoms with van der Waals surface area (Å²) in [7, 11) is 0. The first-order valence-corrected chi connectivity index (χ1v) is 6.06. The third kappa shape index (κ3) is 2.85. The number of amides is 1. The second-order valence-electron chi connectivity index (χ2n) is 4.75. The summed E-state index contributed by atoms with van der Waals surface area (Å²) in [6, 6.07) is 3.36. The van der Waals surface area contributed by atoms with Crippen LogP contribution in [0.3, 0.4) is 0 Å². The minimum Gasteiger partial charge on any atom is -0.481 e. The van der Waals surface area contributed by atoms with E-state index in [0.717, 1.165) is 25.7 Å². The minimum absolute atomic E-state index is 0.0149. The topological polar surface area (TPSA) is 79.3 Å². The van der Waals surface area contributed by atoms with E-state index >= 15 is 0 Å². The lowest BCUT2D eigenvalue weighted by molar-refractivity contribution is -0.138. The van der Waals surface area contributed by atoms with Crippen LogP contribution in [0.5, 0.6) is 0 Å². The van der Waals surface area contributed by atoms with Crippen molar-refractivity contribution in [2.75, 3.05) is 0 Å². The molecule has 1 aromatic rings. The Hall–Kier alpha value is -1.91. The van der Waals surface area contributed by atoms with Crippen molar-refractivity contribution in [1.29, 1.82) is 0 Å². The Bertz CT molecular complexity index is 439. The number of carboxylic acids is 1. The zero-order valence-electron chi connectivity index (χ0n) is 10.1. The maximum Gasteiger partial charge on any atom is 0.305 e. The summed E-state index contributed by atoms with van der Waals surface area (Å²) < 4.78 is 0. The SMILES string of the molecule is O=C(O)CC1(NC(=O)c2cccnc2)CCCC1. The number of aromatic nitrogens is 1. The van der Waals surface area contributed by atoms with E-state index in [0.29, 0.717) is 5.56 Å². The van der Waals surface area contributed by atoms with Crippen molar-refractivity contribution in [3.05, 3.63) is 30.1 Å². The molecule has 2 rings (SSSR count). The van der Waals surface area contributed by atoms with Gasteiger partial charge in [-0.1, -0.05) is 12.8 Å². The van der Waals surface area contributed by atoms with E-state index in [1.807, 2.05) is 0 Å². The maximum atomic E-state index is 12.0. The highest BCUT2D eigenvalue weighted by Crippen LogP contribution is 2.32. The molecule has 0 aliphatic heterocycles. The Kier molecular flexibility index (Phi) is 3.60. The molecule has 1 aromatic heterocycles. The summed E-state index contributed by atoms with van der Waals surface area (Å²) in [4.78, 5) is 26.8. The zero-order valence-corrected chi connectivity index (χ0v) is 10.1. The number of nitrogens with zero attached hydrogens (tertiary/aromatic N) is 1. The van der Waals surface area contributed by atoms with Gasteiger partial charge in [-0.3, -0.25) is 14.6 Å². The molecular formula is C13H16N2O3. The van der Waals surface area contributed by atoms with Gasteiger partial charge in [0.25, 0.3) is 5.91 Å². The van der Waals surface area contributed by atoms with E-state index in [2.05, 4.69) is 10.3 Å². The number of aliphatic carboxylic acids is 1. The van der Waals surface area contributed by atoms with Crippen molar-refractivity contribution in [3.8, 4) is 0 Å². The highest BCUT2D eigenvalue weighted by atomic mass is 16.4. The van der Waals surface area contributed by atoms with Gasteiger partial charge in [-0.2, -0.15) is 0 Å². The second-order valence-corrected chi connectivity index (χ2v) is 4.75. The van der Waals surface area contributed by atoms with Gasteiger partial charge in [0.2, 0.25) is 0 Å². The number of carbonyl (C=O) groups is 2. The lowest BCUT2D eigenvalue weighted by Crippen LogP contribution is -2.47. The average Bonchev–Trinajstić information content (AvgIpc) is 2.77. The molecule has 1 aliphatic carbocycles. The maximum absolute atomic E-state index is 12.0. The molecule has 18 heavy (non-hydrogen) atoms. The summed E-state index contributed by atoms with van der Waals surface area (Å²) in [6.07, 6.45) is 6.44. The summed E-state index contributed by atoms with van der Waals surface area (Å²) in [5.74, 6) is -1.12. The van der Waals surface area contributed by atoms with E-state index in [1.54, 1.807) is 18.3 Å². The van der Waals surface area contributed by atoms with Gasteiger partial charge in [-0.15, -0.1) is 0 Å². The van der Waals surface area contributed by atoms with Gasteiger partial charge in [0, 0.05) is 12.4 Å². The van der Waals surface area contributed by atoms with Gasteiger partial charge >= 0.3 is 5.97 Å². The van der Waals surface area contributed by atoms with E-state index in [-0.39, 0.29) is 12.3 Å². The Labute approximate surface area is 105 Å². The highest BCUT2D eigenvalue weighted by Gasteiger charge is 2.37. The van der Waals surface area contributed by atoms with Crippen LogP contribution in [0, 0.1) is 0 Å². The van der Waals surface area contributed by atoms with Crippen LogP contribution in [0.1, 0.15) is 42.5 Å². The molecule has 5 nitrogen and oxygen atoms in total. The predicted octanol–water partition coefficient (Wildman–Crippen LogP) is 1.60. The molecule has 0 bridgehead atoms. The van der Waals surface area contributed by atoms with Crippen LogP contribution in [-0.2, 0) is 4.79 Å². The molecular weight excluding hydrogens is 232 g/mol. The van der Waals surface area contributed by atoms with Crippen molar-refractivity contribution < 1.29 is 14.7 Å². The zero-order chi connectivity index (χ0) is 13.0. The predicted molar refractivity (Wildman–Crippen MR) is 65.2 cm³/mol. The number of nitrogens with one attached hydrogen (secondary N) is 1. The van der Waals surface area contributed by atoms with E-state index < -0.39 is 11.5 Å². The fourth-order valence-electron chi connectivity index (χ4n) is 2.50. The van der Waals surface area contributed by atoms with Gasteiger partial charge in [-0.05, 0) is 25.0 Å². The number of hydrogen-bond donors (Lipinski definition) is 2. The van der Waals surface area contributed by atoms with Gasteiger partial charge in [0.05, 0.1) is 17.5 Å². The van der Waals surface area contributed by atoms with Crippen molar-refractivity contribution >= 4 is 11.9 Å². The number of carbonyl (C=O) groups excluding carboxylic acids is 1. The molecule has 0 aromatic carbocycles. The van der Waals surface area contributed by atoms with Crippen LogP contribution in [0.15, 0.2) is 24.5 Å². The van der Waals surface area contributed by atoms with Crippen LogP contribution in [0.4, 0.5) is 0 Å². The fraction of sp³-hybridized carbons (Fsp3) is 0.462. The van der Waals surface area contributed by atoms with E-state index in [1.165, 1.54) is 6.20 Å². The molecule has 2 N–H and O–H groups in total. The van der Waals surface area contributed by atoms with Crippen LogP contribution in [0.25, 0.3) is 0 Å². The molecule has 0 unspecified atom stereocenters. The number of pyridine rings is 1. The average molecular weight is 248 g/mol. The molecule has 96 valence electrons. The Morgan fingerprint density at radius 2 is 2.11 bits per heavy atom. The van der Waals surface area contributed by atoms with Gasteiger partial charge in [-0.25, -0.2) is 0 Å². The number of hydrogen-bond acceptors (Lipinski definition) is 3. The summed E-state index contributed by atoms with van der Waals surface area (Å²) in [5.41, 5.74) is -0.118. The molecule has 1 fully saturated rings. The lowest BCUT2D eigenvalue weighted by atomic mass is 9.93. The summed E-state index contributed by atoms with van der Waals surface area (Å²) >= 11 is 0. The first-order chi connectivity index (χ1) is 8.61. The summed E-state index contributed by atoms with van der Waals surface area (Å²) in [5, 5.41) is 11.8. The van der Waals surface area contributed by atoms with Crippen LogP contribution in [0.2, 0.25) is 0 Å². The molecule has 0 spiro atoms. The van der Waals surface area contributed by atoms with Gasteiger partial charge in [0.15, 0.2) is 0 Å². The van der Waals surface area contributed by atoms with Crippen LogP contribution in [-0.4, -0.2) is 27.5 Å². The normalized spacial score (nSPS) is 17.3. The standard InChI is InChI=1S/C13H16N2O3/c16-11(17)8-13(5-1-2-6-13)15-12(18)10-4-3-7-14-9-10/h3-4,7,9H,1-2,5-6,8H2,(H,15,18)(H,16,17). The first kappa shape index (κ1) is 12.5. The van der Waals surface area contributed by atoms with Crippen molar-refractivity contribution in [3.63, 3.8) is 0 Å². The lowest BCUT2D eigenvalue weighted by Gasteiger charge is -2.28. The quantitative estimate of drug-likeness (QED) is 0.848. The molecule has 1 aliphatic rings. The van der Waals surface area contributed by atoms with Crippen LogP contribution < -0.4 is 5.32 Å². The van der Waals surface area contributed by atoms with Crippen molar-refractivity contribution in [2.24, 2.45) is 0 Å². The van der Waals surface area contributed by atoms with E-state index in [4.69, 9.17) is 5.11 Å². The van der Waals surface area contributed by atoms with Crippen molar-refractivity contribution in [1.82, 2.24) is 10.3 Å². The highest BCUT2D eigenvalue weighted by molar-refractivity contribution is 5.94. The molecule has 5 heteroatoms. The van der Waals surface area contributed by atoms with Gasteiger partial charge < -0.3 is 10.4 Å². The monoisotopic (exact) mass is 248 g/mol. The molecule has 0 atom stereocenters. The molecule has 0 radical (unpaired) electrons. The largest absolute Gasteiger partial charge is 0.481 e. The second kappa shape index (κ2) is 5.16.